The van der Waals surface area contributed by atoms with Crippen molar-refractivity contribution in [3.63, 3.8) is 0 Å². The molecule has 80 valence electrons. The highest BCUT2D eigenvalue weighted by atomic mass is 35.5. The van der Waals surface area contributed by atoms with Gasteiger partial charge < -0.3 is 10.3 Å². The van der Waals surface area contributed by atoms with Gasteiger partial charge in [0.1, 0.15) is 9.77 Å². The normalized spacial score (nSPS) is 13.1. The molecule has 2 N–H and O–H groups in total. The average Bonchev–Trinajstić information content (AvgIpc) is 2.30. The van der Waals surface area contributed by atoms with Gasteiger partial charge in [0, 0.05) is 6.26 Å². The van der Waals surface area contributed by atoms with Crippen LogP contribution in [0.3, 0.4) is 0 Å². The third-order valence-corrected chi connectivity index (χ3v) is 4.54. The summed E-state index contributed by atoms with van der Waals surface area (Å²) in [6.07, 6.45) is 1.10. The van der Waals surface area contributed by atoms with Gasteiger partial charge in [0.2, 0.25) is 0 Å². The molecule has 0 aromatic carbocycles. The Morgan fingerprint density at radius 2 is 2.00 bits per heavy atom. The van der Waals surface area contributed by atoms with Crippen LogP contribution in [-0.4, -0.2) is 19.8 Å². The van der Waals surface area contributed by atoms with Crippen molar-refractivity contribution >= 4 is 27.3 Å². The molecule has 14 heavy (non-hydrogen) atoms. The van der Waals surface area contributed by atoms with Gasteiger partial charge in [0.15, 0.2) is 21.4 Å². The summed E-state index contributed by atoms with van der Waals surface area (Å²) in [5, 5.41) is 3.46. The second kappa shape index (κ2) is 3.13. The average molecular weight is 239 g/mol. The number of nitrogen functional groups attached to an aromatic ring is 1. The number of halogens is 1. The van der Waals surface area contributed by atoms with Gasteiger partial charge in [-0.05, 0) is 13.8 Å². The third kappa shape index (κ3) is 1.59. The van der Waals surface area contributed by atoms with Gasteiger partial charge in [0.05, 0.1) is 0 Å². The van der Waals surface area contributed by atoms with Gasteiger partial charge >= 0.3 is 0 Å². The van der Waals surface area contributed by atoms with Crippen LogP contribution >= 0.6 is 11.6 Å². The first-order valence-corrected chi connectivity index (χ1v) is 6.05. The molecule has 1 aromatic rings. The smallest absolute Gasteiger partial charge is 0.186 e. The Hall–Kier alpha value is -0.750. The van der Waals surface area contributed by atoms with E-state index in [1.807, 2.05) is 0 Å². The highest BCUT2D eigenvalue weighted by Crippen LogP contribution is 2.36. The largest absolute Gasteiger partial charge is 0.380 e. The minimum atomic E-state index is -3.34. The maximum absolute atomic E-state index is 11.4. The van der Waals surface area contributed by atoms with E-state index >= 15 is 0 Å². The van der Waals surface area contributed by atoms with Crippen LogP contribution in [-0.2, 0) is 14.6 Å². The van der Waals surface area contributed by atoms with Crippen LogP contribution in [0.5, 0.6) is 0 Å². The van der Waals surface area contributed by atoms with E-state index in [2.05, 4.69) is 5.16 Å². The quantitative estimate of drug-likeness (QED) is 0.836. The minimum Gasteiger partial charge on any atom is -0.380 e. The van der Waals surface area contributed by atoms with Gasteiger partial charge in [-0.3, -0.25) is 0 Å². The van der Waals surface area contributed by atoms with E-state index < -0.39 is 14.6 Å². The first-order valence-electron chi connectivity index (χ1n) is 3.78. The molecule has 0 atom stereocenters. The van der Waals surface area contributed by atoms with Crippen LogP contribution < -0.4 is 5.73 Å². The standard InChI is InChI=1S/C7H11ClN2O3S/c1-7(2,14(3,11)12)5-4(8)6(9)10-13-5/h1-3H3,(H2,9,10). The fourth-order valence-electron chi connectivity index (χ4n) is 0.834. The third-order valence-electron chi connectivity index (χ3n) is 2.13. The Kier molecular flexibility index (Phi) is 2.53. The Balaban J connectivity index is 3.38. The van der Waals surface area contributed by atoms with E-state index in [9.17, 15) is 8.42 Å². The van der Waals surface area contributed by atoms with E-state index in [0.717, 1.165) is 6.26 Å². The molecule has 0 radical (unpaired) electrons. The molecule has 7 heteroatoms. The Labute approximate surface area is 87.1 Å². The van der Waals surface area contributed by atoms with Gasteiger partial charge in [-0.1, -0.05) is 16.8 Å². The molecule has 0 amide bonds. The zero-order chi connectivity index (χ0) is 11.1. The van der Waals surface area contributed by atoms with Crippen LogP contribution in [0.2, 0.25) is 5.02 Å². The van der Waals surface area contributed by atoms with E-state index in [0.29, 0.717) is 0 Å². The highest BCUT2D eigenvalue weighted by molar-refractivity contribution is 7.91. The molecule has 1 rings (SSSR count). The summed E-state index contributed by atoms with van der Waals surface area (Å²) in [6.45, 7) is 2.96. The molecule has 0 aliphatic rings. The van der Waals surface area contributed by atoms with Crippen LogP contribution in [0.25, 0.3) is 0 Å². The van der Waals surface area contributed by atoms with Crippen molar-refractivity contribution in [1.29, 1.82) is 0 Å². The molecule has 0 aliphatic heterocycles. The summed E-state index contributed by atoms with van der Waals surface area (Å²) in [7, 11) is -3.34. The molecule has 0 fully saturated rings. The summed E-state index contributed by atoms with van der Waals surface area (Å²) in [5.74, 6) is 0.0672. The Morgan fingerprint density at radius 1 is 1.50 bits per heavy atom. The summed E-state index contributed by atoms with van der Waals surface area (Å²) >= 11 is 5.75. The summed E-state index contributed by atoms with van der Waals surface area (Å²) < 4.78 is 26.4. The van der Waals surface area contributed by atoms with Gasteiger partial charge in [-0.15, -0.1) is 0 Å². The topological polar surface area (TPSA) is 86.2 Å². The highest BCUT2D eigenvalue weighted by Gasteiger charge is 2.39. The number of aromatic nitrogens is 1. The van der Waals surface area contributed by atoms with E-state index in [-0.39, 0.29) is 16.6 Å². The fourth-order valence-corrected chi connectivity index (χ4v) is 1.67. The van der Waals surface area contributed by atoms with Gasteiger partial charge in [-0.25, -0.2) is 8.42 Å². The van der Waals surface area contributed by atoms with Crippen molar-refractivity contribution in [1.82, 2.24) is 5.16 Å². The van der Waals surface area contributed by atoms with Gasteiger partial charge in [0.25, 0.3) is 0 Å². The SMILES string of the molecule is CC(C)(c1onc(N)c1Cl)S(C)(=O)=O. The summed E-state index contributed by atoms with van der Waals surface area (Å²) in [6, 6.07) is 0. The molecular weight excluding hydrogens is 228 g/mol. The number of sulfone groups is 1. The number of anilines is 1. The number of nitrogens with two attached hydrogens (primary N) is 1. The van der Waals surface area contributed by atoms with Crippen molar-refractivity contribution in [3.8, 4) is 0 Å². The summed E-state index contributed by atoms with van der Waals surface area (Å²) in [4.78, 5) is 0. The van der Waals surface area contributed by atoms with Crippen LogP contribution in [0.15, 0.2) is 4.52 Å². The van der Waals surface area contributed by atoms with Crippen molar-refractivity contribution in [2.24, 2.45) is 0 Å². The van der Waals surface area contributed by atoms with E-state index in [1.165, 1.54) is 13.8 Å². The molecule has 1 aromatic heterocycles. The second-order valence-electron chi connectivity index (χ2n) is 3.49. The molecule has 0 saturated heterocycles. The Bertz CT molecular complexity index is 450. The van der Waals surface area contributed by atoms with Gasteiger partial charge in [-0.2, -0.15) is 0 Å². The first kappa shape index (κ1) is 11.3. The molecule has 0 aliphatic carbocycles. The van der Waals surface area contributed by atoms with E-state index in [4.69, 9.17) is 21.9 Å². The molecule has 0 spiro atoms. The lowest BCUT2D eigenvalue weighted by Crippen LogP contribution is -2.27. The monoisotopic (exact) mass is 238 g/mol. The fraction of sp³-hybridized carbons (Fsp3) is 0.571. The maximum Gasteiger partial charge on any atom is 0.186 e. The lowest BCUT2D eigenvalue weighted by atomic mass is 10.1. The first-order chi connectivity index (χ1) is 6.18. The van der Waals surface area contributed by atoms with Crippen LogP contribution in [0.1, 0.15) is 19.6 Å². The lowest BCUT2D eigenvalue weighted by molar-refractivity contribution is 0.356. The Morgan fingerprint density at radius 3 is 2.29 bits per heavy atom. The van der Waals surface area contributed by atoms with E-state index in [1.54, 1.807) is 0 Å². The number of rotatable bonds is 2. The van der Waals surface area contributed by atoms with Crippen LogP contribution in [0.4, 0.5) is 5.82 Å². The van der Waals surface area contributed by atoms with Crippen molar-refractivity contribution in [2.45, 2.75) is 18.6 Å². The van der Waals surface area contributed by atoms with Crippen LogP contribution in [0, 0.1) is 0 Å². The molecular formula is C7H11ClN2O3S. The molecule has 0 bridgehead atoms. The van der Waals surface area contributed by atoms with Crippen molar-refractivity contribution in [2.75, 3.05) is 12.0 Å². The minimum absolute atomic E-state index is 0.00149. The maximum atomic E-state index is 11.4. The number of nitrogens with zero attached hydrogens (tertiary/aromatic N) is 1. The lowest BCUT2D eigenvalue weighted by Gasteiger charge is -2.18. The van der Waals surface area contributed by atoms with Crippen molar-refractivity contribution < 1.29 is 12.9 Å². The zero-order valence-corrected chi connectivity index (χ0v) is 9.61. The van der Waals surface area contributed by atoms with Crippen molar-refractivity contribution in [3.05, 3.63) is 10.8 Å². The predicted molar refractivity (Wildman–Crippen MR) is 53.8 cm³/mol. The number of hydrogen-bond acceptors (Lipinski definition) is 5. The molecule has 0 saturated carbocycles. The molecule has 1 heterocycles. The second-order valence-corrected chi connectivity index (χ2v) is 6.44. The zero-order valence-electron chi connectivity index (χ0n) is 8.04. The summed E-state index contributed by atoms with van der Waals surface area (Å²) in [5.41, 5.74) is 5.35. The molecule has 0 unspecified atom stereocenters. The molecule has 5 nitrogen and oxygen atoms in total. The number of hydrogen-bond donors (Lipinski definition) is 1. The predicted octanol–water partition coefficient (Wildman–Crippen LogP) is 1.19.